The van der Waals surface area contributed by atoms with Gasteiger partial charge < -0.3 is 10.5 Å². The molecule has 2 nitrogen and oxygen atoms in total. The summed E-state index contributed by atoms with van der Waals surface area (Å²) in [6, 6.07) is 2.50. The summed E-state index contributed by atoms with van der Waals surface area (Å²) in [5.74, 6) is -0.242. The van der Waals surface area contributed by atoms with Gasteiger partial charge in [-0.3, -0.25) is 0 Å². The lowest BCUT2D eigenvalue weighted by Gasteiger charge is -2.11. The van der Waals surface area contributed by atoms with Crippen LogP contribution in [0.15, 0.2) is 12.1 Å². The highest BCUT2D eigenvalue weighted by Crippen LogP contribution is 2.29. The molecule has 1 rings (SSSR count). The Balaban J connectivity index is 3.02. The van der Waals surface area contributed by atoms with Gasteiger partial charge >= 0.3 is 6.36 Å². The van der Waals surface area contributed by atoms with E-state index >= 15 is 0 Å². The zero-order valence-corrected chi connectivity index (χ0v) is 9.31. The summed E-state index contributed by atoms with van der Waals surface area (Å²) in [7, 11) is 0. The van der Waals surface area contributed by atoms with E-state index in [9.17, 15) is 13.2 Å². The van der Waals surface area contributed by atoms with E-state index < -0.39 is 6.36 Å². The van der Waals surface area contributed by atoms with Crippen molar-refractivity contribution in [3.8, 4) is 5.75 Å². The Labute approximate surface area is 92.4 Å². The molecule has 0 spiro atoms. The number of nitrogens with two attached hydrogens (primary N) is 1. The van der Waals surface area contributed by atoms with Crippen molar-refractivity contribution in [1.29, 1.82) is 0 Å². The number of ether oxygens (including phenoxy) is 1. The molecule has 14 heavy (non-hydrogen) atoms. The molecule has 0 bridgehead atoms. The monoisotopic (exact) mass is 317 g/mol. The van der Waals surface area contributed by atoms with E-state index in [1.165, 1.54) is 12.1 Å². The third kappa shape index (κ3) is 2.93. The second-order valence-corrected chi connectivity index (χ2v) is 3.85. The molecule has 78 valence electrons. The largest absolute Gasteiger partial charge is 0.573 e. The van der Waals surface area contributed by atoms with Gasteiger partial charge in [0.2, 0.25) is 0 Å². The number of benzene rings is 1. The number of anilines is 1. The standard InChI is InChI=1S/C8H7F3INO/c1-4-2-5(14-8(9,10)11)3-6(12)7(4)13/h2-3H,13H2,1H3. The first-order chi connectivity index (χ1) is 6.29. The summed E-state index contributed by atoms with van der Waals surface area (Å²) in [5, 5.41) is 0. The summed E-state index contributed by atoms with van der Waals surface area (Å²) in [6.45, 7) is 1.63. The fraction of sp³-hybridized carbons (Fsp3) is 0.250. The minimum absolute atomic E-state index is 0.242. The van der Waals surface area contributed by atoms with Crippen LogP contribution < -0.4 is 10.5 Å². The van der Waals surface area contributed by atoms with Crippen LogP contribution in [0.1, 0.15) is 5.56 Å². The first-order valence-corrected chi connectivity index (χ1v) is 4.69. The molecule has 0 aliphatic heterocycles. The molecule has 6 heteroatoms. The number of nitrogen functional groups attached to an aromatic ring is 1. The smallest absolute Gasteiger partial charge is 0.406 e. The van der Waals surface area contributed by atoms with Crippen LogP contribution in [-0.4, -0.2) is 6.36 Å². The van der Waals surface area contributed by atoms with Gasteiger partial charge in [0.15, 0.2) is 0 Å². The van der Waals surface area contributed by atoms with E-state index in [1.807, 2.05) is 22.6 Å². The van der Waals surface area contributed by atoms with Gasteiger partial charge in [0, 0.05) is 9.26 Å². The number of alkyl halides is 3. The maximum atomic E-state index is 11.8. The van der Waals surface area contributed by atoms with Crippen LogP contribution in [0, 0.1) is 10.5 Å². The van der Waals surface area contributed by atoms with Gasteiger partial charge in [0.1, 0.15) is 5.75 Å². The van der Waals surface area contributed by atoms with Crippen molar-refractivity contribution < 1.29 is 17.9 Å². The van der Waals surface area contributed by atoms with Crippen LogP contribution in [0.3, 0.4) is 0 Å². The highest BCUT2D eigenvalue weighted by atomic mass is 127. The highest BCUT2D eigenvalue weighted by Gasteiger charge is 2.31. The Morgan fingerprint density at radius 3 is 2.36 bits per heavy atom. The average molecular weight is 317 g/mol. The fourth-order valence-electron chi connectivity index (χ4n) is 0.916. The Morgan fingerprint density at radius 1 is 1.36 bits per heavy atom. The normalized spacial score (nSPS) is 11.5. The van der Waals surface area contributed by atoms with Gasteiger partial charge in [-0.05, 0) is 47.2 Å². The topological polar surface area (TPSA) is 35.2 Å². The molecular formula is C8H7F3INO. The number of aryl methyl sites for hydroxylation is 1. The maximum absolute atomic E-state index is 11.8. The lowest BCUT2D eigenvalue weighted by molar-refractivity contribution is -0.274. The van der Waals surface area contributed by atoms with Crippen LogP contribution >= 0.6 is 22.6 Å². The lowest BCUT2D eigenvalue weighted by atomic mass is 10.2. The SMILES string of the molecule is Cc1cc(OC(F)(F)F)cc(I)c1N. The summed E-state index contributed by atoms with van der Waals surface area (Å²) < 4.78 is 39.8. The molecule has 0 aliphatic rings. The van der Waals surface area contributed by atoms with Gasteiger partial charge in [-0.2, -0.15) is 0 Å². The first-order valence-electron chi connectivity index (χ1n) is 3.61. The van der Waals surface area contributed by atoms with Crippen molar-refractivity contribution in [2.24, 2.45) is 0 Å². The van der Waals surface area contributed by atoms with Gasteiger partial charge in [-0.25, -0.2) is 0 Å². The number of hydrogen-bond donors (Lipinski definition) is 1. The fourth-order valence-corrected chi connectivity index (χ4v) is 1.65. The molecule has 0 amide bonds. The quantitative estimate of drug-likeness (QED) is 0.638. The lowest BCUT2D eigenvalue weighted by Crippen LogP contribution is -2.17. The molecule has 0 unspecified atom stereocenters. The Morgan fingerprint density at radius 2 is 1.93 bits per heavy atom. The van der Waals surface area contributed by atoms with Crippen LogP contribution in [0.2, 0.25) is 0 Å². The third-order valence-corrected chi connectivity index (χ3v) is 2.44. The predicted molar refractivity (Wildman–Crippen MR) is 55.0 cm³/mol. The van der Waals surface area contributed by atoms with Gasteiger partial charge in [-0.1, -0.05) is 0 Å². The van der Waals surface area contributed by atoms with Crippen LogP contribution in [0.5, 0.6) is 5.75 Å². The molecule has 0 fully saturated rings. The minimum Gasteiger partial charge on any atom is -0.406 e. The third-order valence-electron chi connectivity index (χ3n) is 1.54. The Bertz CT molecular complexity index is 328. The highest BCUT2D eigenvalue weighted by molar-refractivity contribution is 14.1. The Kier molecular flexibility index (Phi) is 3.13. The maximum Gasteiger partial charge on any atom is 0.573 e. The number of hydrogen-bond acceptors (Lipinski definition) is 2. The summed E-state index contributed by atoms with van der Waals surface area (Å²) in [4.78, 5) is 0. The number of rotatable bonds is 1. The van der Waals surface area contributed by atoms with Crippen LogP contribution in [0.25, 0.3) is 0 Å². The van der Waals surface area contributed by atoms with Gasteiger partial charge in [0.25, 0.3) is 0 Å². The molecular weight excluding hydrogens is 310 g/mol. The van der Waals surface area contributed by atoms with E-state index in [1.54, 1.807) is 6.92 Å². The molecule has 0 saturated heterocycles. The van der Waals surface area contributed by atoms with Crippen molar-refractivity contribution >= 4 is 28.3 Å². The van der Waals surface area contributed by atoms with Crippen molar-refractivity contribution in [2.45, 2.75) is 13.3 Å². The molecule has 0 atom stereocenters. The van der Waals surface area contributed by atoms with E-state index in [-0.39, 0.29) is 5.75 Å². The van der Waals surface area contributed by atoms with Gasteiger partial charge in [0.05, 0.1) is 0 Å². The molecule has 1 aromatic carbocycles. The predicted octanol–water partition coefficient (Wildman–Crippen LogP) is 3.08. The molecule has 0 radical (unpaired) electrons. The second kappa shape index (κ2) is 3.84. The zero-order valence-electron chi connectivity index (χ0n) is 7.15. The van der Waals surface area contributed by atoms with Crippen LogP contribution in [0.4, 0.5) is 18.9 Å². The van der Waals surface area contributed by atoms with E-state index in [0.29, 0.717) is 14.8 Å². The molecule has 0 aliphatic carbocycles. The van der Waals surface area contributed by atoms with Crippen molar-refractivity contribution in [1.82, 2.24) is 0 Å². The zero-order chi connectivity index (χ0) is 10.9. The van der Waals surface area contributed by atoms with Crippen LogP contribution in [-0.2, 0) is 0 Å². The van der Waals surface area contributed by atoms with E-state index in [0.717, 1.165) is 0 Å². The number of halogens is 4. The first kappa shape index (κ1) is 11.4. The van der Waals surface area contributed by atoms with Crippen molar-refractivity contribution in [2.75, 3.05) is 5.73 Å². The summed E-state index contributed by atoms with van der Waals surface area (Å²) in [6.07, 6.45) is -4.66. The van der Waals surface area contributed by atoms with Crippen molar-refractivity contribution in [3.05, 3.63) is 21.3 Å². The Hall–Kier alpha value is -0.660. The minimum atomic E-state index is -4.66. The molecule has 1 aromatic rings. The van der Waals surface area contributed by atoms with E-state index in [2.05, 4.69) is 4.74 Å². The summed E-state index contributed by atoms with van der Waals surface area (Å²) >= 11 is 1.85. The average Bonchev–Trinajstić information content (AvgIpc) is 1.96. The molecule has 0 aromatic heterocycles. The second-order valence-electron chi connectivity index (χ2n) is 2.68. The van der Waals surface area contributed by atoms with Crippen molar-refractivity contribution in [3.63, 3.8) is 0 Å². The molecule has 0 saturated carbocycles. The van der Waals surface area contributed by atoms with E-state index in [4.69, 9.17) is 5.73 Å². The molecule has 0 heterocycles. The van der Waals surface area contributed by atoms with Gasteiger partial charge in [-0.15, -0.1) is 13.2 Å². The molecule has 2 N–H and O–H groups in total. The summed E-state index contributed by atoms with van der Waals surface area (Å²) in [5.41, 5.74) is 6.61.